The number of halogens is 1. The number of carbonyl (C=O) groups excluding carboxylic acids is 1. The summed E-state index contributed by atoms with van der Waals surface area (Å²) in [4.78, 5) is 13.0. The molecular formula is C13H13FN2O2S. The van der Waals surface area contributed by atoms with Crippen LogP contribution in [0.1, 0.15) is 10.5 Å². The van der Waals surface area contributed by atoms with Gasteiger partial charge in [0.15, 0.2) is 11.5 Å². The van der Waals surface area contributed by atoms with Crippen molar-refractivity contribution >= 4 is 17.5 Å². The van der Waals surface area contributed by atoms with E-state index in [2.05, 4.69) is 5.10 Å². The van der Waals surface area contributed by atoms with Gasteiger partial charge < -0.3 is 4.74 Å². The molecule has 0 radical (unpaired) electrons. The summed E-state index contributed by atoms with van der Waals surface area (Å²) in [7, 11) is 3.19. The number of benzene rings is 1. The molecule has 0 atom stereocenters. The fourth-order valence-corrected chi connectivity index (χ4v) is 2.40. The molecule has 6 heteroatoms. The lowest BCUT2D eigenvalue weighted by atomic mass is 10.3. The summed E-state index contributed by atoms with van der Waals surface area (Å²) in [6.45, 7) is 0. The summed E-state index contributed by atoms with van der Waals surface area (Å²) >= 11 is 1.35. The van der Waals surface area contributed by atoms with E-state index in [9.17, 15) is 9.18 Å². The summed E-state index contributed by atoms with van der Waals surface area (Å²) in [6, 6.07) is 6.04. The van der Waals surface area contributed by atoms with Gasteiger partial charge in [-0.2, -0.15) is 5.10 Å². The number of ether oxygens (including phenoxy) is 1. The number of aromatic nitrogens is 2. The Labute approximate surface area is 114 Å². The van der Waals surface area contributed by atoms with Gasteiger partial charge in [-0.25, -0.2) is 4.39 Å². The van der Waals surface area contributed by atoms with Crippen molar-refractivity contribution in [3.05, 3.63) is 42.0 Å². The molecule has 2 rings (SSSR count). The lowest BCUT2D eigenvalue weighted by Crippen LogP contribution is -2.10. The minimum absolute atomic E-state index is 0.0776. The quantitative estimate of drug-likeness (QED) is 0.623. The molecule has 0 unspecified atom stereocenters. The van der Waals surface area contributed by atoms with Crippen LogP contribution in [0.2, 0.25) is 0 Å². The van der Waals surface area contributed by atoms with Crippen LogP contribution in [0.15, 0.2) is 35.4 Å². The maximum Gasteiger partial charge on any atom is 0.194 e. The second kappa shape index (κ2) is 5.88. The smallest absolute Gasteiger partial charge is 0.194 e. The van der Waals surface area contributed by atoms with Crippen LogP contribution in [0, 0.1) is 5.82 Å². The van der Waals surface area contributed by atoms with Gasteiger partial charge in [0.05, 0.1) is 19.1 Å². The molecule has 1 heterocycles. The van der Waals surface area contributed by atoms with Crippen LogP contribution in [0.25, 0.3) is 0 Å². The third-order valence-corrected chi connectivity index (χ3v) is 3.58. The van der Waals surface area contributed by atoms with Crippen molar-refractivity contribution in [2.75, 3.05) is 12.9 Å². The first-order valence-corrected chi connectivity index (χ1v) is 6.58. The molecule has 0 fully saturated rings. The monoisotopic (exact) mass is 280 g/mol. The molecule has 1 aromatic carbocycles. The first-order chi connectivity index (χ1) is 9.11. The Balaban J connectivity index is 2.05. The topological polar surface area (TPSA) is 44.1 Å². The van der Waals surface area contributed by atoms with Crippen LogP contribution in [0.4, 0.5) is 4.39 Å². The highest BCUT2D eigenvalue weighted by atomic mass is 32.2. The van der Waals surface area contributed by atoms with E-state index >= 15 is 0 Å². The highest BCUT2D eigenvalue weighted by molar-refractivity contribution is 8.00. The van der Waals surface area contributed by atoms with Gasteiger partial charge in [0.1, 0.15) is 11.5 Å². The van der Waals surface area contributed by atoms with Crippen molar-refractivity contribution in [1.82, 2.24) is 9.78 Å². The van der Waals surface area contributed by atoms with Crippen LogP contribution >= 0.6 is 11.8 Å². The van der Waals surface area contributed by atoms with Crippen LogP contribution in [0.5, 0.6) is 5.75 Å². The first-order valence-electron chi connectivity index (χ1n) is 5.59. The first kappa shape index (κ1) is 13.6. The lowest BCUT2D eigenvalue weighted by molar-refractivity contribution is 0.101. The van der Waals surface area contributed by atoms with E-state index < -0.39 is 0 Å². The Kier molecular flexibility index (Phi) is 4.21. The molecule has 0 amide bonds. The third-order valence-electron chi connectivity index (χ3n) is 2.57. The highest BCUT2D eigenvalue weighted by Crippen LogP contribution is 2.23. The fourth-order valence-electron chi connectivity index (χ4n) is 1.63. The number of carbonyl (C=O) groups is 1. The number of hydrogen-bond donors (Lipinski definition) is 0. The molecule has 0 saturated carbocycles. The normalized spacial score (nSPS) is 10.5. The average Bonchev–Trinajstić information content (AvgIpc) is 2.79. The van der Waals surface area contributed by atoms with Crippen molar-refractivity contribution in [2.45, 2.75) is 4.90 Å². The fraction of sp³-hybridized carbons (Fsp3) is 0.231. The number of Topliss-reactive ketones (excluding diaryl/α,β-unsaturated/α-hetero) is 1. The molecule has 0 aliphatic heterocycles. The Hall–Kier alpha value is -1.82. The molecule has 0 spiro atoms. The van der Waals surface area contributed by atoms with Gasteiger partial charge in [-0.05, 0) is 24.3 Å². The SMILES string of the molecule is COc1cnn(C)c1C(=O)CSc1ccc(F)cc1. The number of ketones is 1. The number of thioether (sulfide) groups is 1. The van der Waals surface area contributed by atoms with Crippen molar-refractivity contribution in [3.8, 4) is 5.75 Å². The summed E-state index contributed by atoms with van der Waals surface area (Å²) < 4.78 is 19.3. The molecule has 0 aliphatic rings. The minimum Gasteiger partial charge on any atom is -0.493 e. The van der Waals surface area contributed by atoms with E-state index in [4.69, 9.17) is 4.74 Å². The Morgan fingerprint density at radius 2 is 2.11 bits per heavy atom. The molecule has 1 aromatic heterocycles. The number of hydrogen-bond acceptors (Lipinski definition) is 4. The highest BCUT2D eigenvalue weighted by Gasteiger charge is 2.17. The second-order valence-corrected chi connectivity index (χ2v) is 4.90. The van der Waals surface area contributed by atoms with Gasteiger partial charge in [0, 0.05) is 11.9 Å². The molecule has 0 bridgehead atoms. The lowest BCUT2D eigenvalue weighted by Gasteiger charge is -2.04. The van der Waals surface area contributed by atoms with Gasteiger partial charge in [-0.3, -0.25) is 9.48 Å². The van der Waals surface area contributed by atoms with Gasteiger partial charge in [0.2, 0.25) is 0 Å². The zero-order valence-corrected chi connectivity index (χ0v) is 11.4. The number of methoxy groups -OCH3 is 1. The average molecular weight is 280 g/mol. The van der Waals surface area contributed by atoms with Crippen LogP contribution in [-0.2, 0) is 7.05 Å². The second-order valence-electron chi connectivity index (χ2n) is 3.85. The van der Waals surface area contributed by atoms with Gasteiger partial charge >= 0.3 is 0 Å². The van der Waals surface area contributed by atoms with E-state index in [-0.39, 0.29) is 17.4 Å². The summed E-state index contributed by atoms with van der Waals surface area (Å²) in [5.74, 6) is 0.351. The maximum atomic E-state index is 12.8. The standard InChI is InChI=1S/C13H13FN2O2S/c1-16-13(12(18-2)7-15-16)11(17)8-19-10-5-3-9(14)4-6-10/h3-7H,8H2,1-2H3. The third kappa shape index (κ3) is 3.14. The number of nitrogens with zero attached hydrogens (tertiary/aromatic N) is 2. The van der Waals surface area contributed by atoms with E-state index in [1.807, 2.05) is 0 Å². The van der Waals surface area contributed by atoms with Crippen molar-refractivity contribution in [2.24, 2.45) is 7.05 Å². The minimum atomic E-state index is -0.288. The van der Waals surface area contributed by atoms with Gasteiger partial charge in [-0.15, -0.1) is 11.8 Å². The molecular weight excluding hydrogens is 267 g/mol. The molecule has 100 valence electrons. The molecule has 2 aromatic rings. The van der Waals surface area contributed by atoms with Gasteiger partial charge in [0.25, 0.3) is 0 Å². The van der Waals surface area contributed by atoms with Gasteiger partial charge in [-0.1, -0.05) is 0 Å². The molecule has 0 saturated heterocycles. The molecule has 4 nitrogen and oxygen atoms in total. The van der Waals surface area contributed by atoms with Crippen molar-refractivity contribution in [1.29, 1.82) is 0 Å². The number of rotatable bonds is 5. The predicted octanol–water partition coefficient (Wildman–Crippen LogP) is 2.54. The largest absolute Gasteiger partial charge is 0.493 e. The molecule has 0 aliphatic carbocycles. The molecule has 19 heavy (non-hydrogen) atoms. The maximum absolute atomic E-state index is 12.8. The van der Waals surface area contributed by atoms with E-state index in [0.717, 1.165) is 4.90 Å². The number of aryl methyl sites for hydroxylation is 1. The van der Waals surface area contributed by atoms with Crippen molar-refractivity contribution < 1.29 is 13.9 Å². The zero-order chi connectivity index (χ0) is 13.8. The van der Waals surface area contributed by atoms with E-state index in [1.54, 1.807) is 19.2 Å². The van der Waals surface area contributed by atoms with Crippen LogP contribution in [0.3, 0.4) is 0 Å². The predicted molar refractivity (Wildman–Crippen MR) is 71.2 cm³/mol. The Morgan fingerprint density at radius 3 is 2.74 bits per heavy atom. The van der Waals surface area contributed by atoms with E-state index in [1.165, 1.54) is 41.9 Å². The Morgan fingerprint density at radius 1 is 1.42 bits per heavy atom. The van der Waals surface area contributed by atoms with E-state index in [0.29, 0.717) is 11.4 Å². The van der Waals surface area contributed by atoms with Crippen molar-refractivity contribution in [3.63, 3.8) is 0 Å². The zero-order valence-electron chi connectivity index (χ0n) is 10.6. The summed E-state index contributed by atoms with van der Waals surface area (Å²) in [6.07, 6.45) is 1.51. The van der Waals surface area contributed by atoms with Crippen LogP contribution < -0.4 is 4.74 Å². The molecule has 0 N–H and O–H groups in total. The van der Waals surface area contributed by atoms with Crippen LogP contribution in [-0.4, -0.2) is 28.4 Å². The summed E-state index contributed by atoms with van der Waals surface area (Å²) in [5.41, 5.74) is 0.442. The Bertz CT molecular complexity index is 581. The summed E-state index contributed by atoms with van der Waals surface area (Å²) in [5, 5.41) is 3.99.